The number of benzene rings is 1. The molecule has 21 heavy (non-hydrogen) atoms. The molecule has 0 spiro atoms. The van der Waals surface area contributed by atoms with Crippen molar-refractivity contribution in [1.82, 2.24) is 0 Å². The molecule has 0 fully saturated rings. The first-order chi connectivity index (χ1) is 9.70. The number of aliphatic hydroxyl groups is 1. The number of aliphatic carboxylic acids is 1. The predicted molar refractivity (Wildman–Crippen MR) is 82.9 cm³/mol. The molecule has 2 N–H and O–H groups in total. The monoisotopic (exact) mass is 360 g/mol. The third-order valence-corrected chi connectivity index (χ3v) is 3.86. The molecule has 0 aliphatic carbocycles. The van der Waals surface area contributed by atoms with E-state index >= 15 is 0 Å². The molecule has 0 aromatic heterocycles. The number of methoxy groups -OCH3 is 2. The van der Waals surface area contributed by atoms with Gasteiger partial charge in [0.15, 0.2) is 0 Å². The van der Waals surface area contributed by atoms with E-state index in [1.165, 1.54) is 14.2 Å². The Morgan fingerprint density at radius 3 is 2.33 bits per heavy atom. The van der Waals surface area contributed by atoms with Crippen LogP contribution in [0.2, 0.25) is 0 Å². The number of ether oxygens (including phenoxy) is 2. The molecule has 0 bridgehead atoms. The summed E-state index contributed by atoms with van der Waals surface area (Å²) in [6, 6.07) is 3.42. The van der Waals surface area contributed by atoms with Crippen LogP contribution in [0.4, 0.5) is 0 Å². The average molecular weight is 361 g/mol. The maximum Gasteiger partial charge on any atom is 0.303 e. The van der Waals surface area contributed by atoms with Crippen LogP contribution >= 0.6 is 15.9 Å². The van der Waals surface area contributed by atoms with Gasteiger partial charge in [-0.2, -0.15) is 0 Å². The summed E-state index contributed by atoms with van der Waals surface area (Å²) in [4.78, 5) is 10.9. The minimum absolute atomic E-state index is 0.0139. The van der Waals surface area contributed by atoms with Crippen LogP contribution in [0.15, 0.2) is 16.6 Å². The van der Waals surface area contributed by atoms with Gasteiger partial charge < -0.3 is 19.7 Å². The van der Waals surface area contributed by atoms with Gasteiger partial charge in [-0.05, 0) is 39.9 Å². The van der Waals surface area contributed by atoms with Gasteiger partial charge in [-0.3, -0.25) is 4.79 Å². The highest BCUT2D eigenvalue weighted by molar-refractivity contribution is 9.10. The molecule has 1 unspecified atom stereocenters. The van der Waals surface area contributed by atoms with Crippen LogP contribution in [0.25, 0.3) is 0 Å². The Bertz CT molecular complexity index is 513. The lowest BCUT2D eigenvalue weighted by atomic mass is 9.81. The quantitative estimate of drug-likeness (QED) is 0.779. The van der Waals surface area contributed by atoms with Crippen molar-refractivity contribution < 1.29 is 24.5 Å². The highest BCUT2D eigenvalue weighted by Crippen LogP contribution is 2.40. The fraction of sp³-hybridized carbons (Fsp3) is 0.533. The molecule has 0 saturated heterocycles. The van der Waals surface area contributed by atoms with Gasteiger partial charge in [-0.1, -0.05) is 13.8 Å². The van der Waals surface area contributed by atoms with E-state index in [4.69, 9.17) is 14.6 Å². The Kier molecular flexibility index (Phi) is 6.04. The van der Waals surface area contributed by atoms with E-state index in [2.05, 4.69) is 15.9 Å². The molecule has 1 rings (SSSR count). The number of rotatable bonds is 7. The Morgan fingerprint density at radius 2 is 1.86 bits per heavy atom. The fourth-order valence-corrected chi connectivity index (χ4v) is 2.74. The average Bonchev–Trinajstić information content (AvgIpc) is 2.35. The van der Waals surface area contributed by atoms with E-state index in [-0.39, 0.29) is 6.42 Å². The number of carboxylic acids is 1. The normalized spacial score (nSPS) is 12.9. The first kappa shape index (κ1) is 17.8. The molecule has 0 aliphatic heterocycles. The number of aliphatic hydroxyl groups excluding tert-OH is 1. The van der Waals surface area contributed by atoms with Gasteiger partial charge in [0.05, 0.1) is 31.2 Å². The summed E-state index contributed by atoms with van der Waals surface area (Å²) < 4.78 is 11.2. The first-order valence-corrected chi connectivity index (χ1v) is 7.30. The van der Waals surface area contributed by atoms with Crippen molar-refractivity contribution in [2.45, 2.75) is 32.8 Å². The highest BCUT2D eigenvalue weighted by atomic mass is 79.9. The van der Waals surface area contributed by atoms with Crippen molar-refractivity contribution in [2.24, 2.45) is 5.41 Å². The zero-order chi connectivity index (χ0) is 16.2. The largest absolute Gasteiger partial charge is 0.496 e. The molecule has 0 saturated carbocycles. The van der Waals surface area contributed by atoms with Crippen LogP contribution in [-0.2, 0) is 4.79 Å². The second-order valence-corrected chi connectivity index (χ2v) is 6.54. The second-order valence-electron chi connectivity index (χ2n) is 5.68. The van der Waals surface area contributed by atoms with Gasteiger partial charge in [-0.25, -0.2) is 0 Å². The van der Waals surface area contributed by atoms with Crippen molar-refractivity contribution in [3.63, 3.8) is 0 Å². The summed E-state index contributed by atoms with van der Waals surface area (Å²) in [5.41, 5.74) is 0.0485. The molecule has 5 nitrogen and oxygen atoms in total. The molecule has 0 aliphatic rings. The van der Waals surface area contributed by atoms with Crippen LogP contribution in [-0.4, -0.2) is 30.4 Å². The summed E-state index contributed by atoms with van der Waals surface area (Å²) in [7, 11) is 3.06. The third-order valence-electron chi connectivity index (χ3n) is 3.24. The van der Waals surface area contributed by atoms with E-state index in [9.17, 15) is 9.90 Å². The smallest absolute Gasteiger partial charge is 0.303 e. The fourth-order valence-electron chi connectivity index (χ4n) is 2.26. The Labute approximate surface area is 133 Å². The van der Waals surface area contributed by atoms with Crippen molar-refractivity contribution in [3.8, 4) is 11.5 Å². The van der Waals surface area contributed by atoms with E-state index in [1.807, 2.05) is 13.8 Å². The minimum atomic E-state index is -0.882. The number of carbonyl (C=O) groups is 1. The summed E-state index contributed by atoms with van der Waals surface area (Å²) >= 11 is 3.36. The molecule has 1 aromatic rings. The summed E-state index contributed by atoms with van der Waals surface area (Å²) in [5, 5.41) is 19.4. The lowest BCUT2D eigenvalue weighted by Gasteiger charge is -2.26. The Hall–Kier alpha value is -1.27. The number of carboxylic acid groups (broad SMARTS) is 1. The molecule has 0 amide bonds. The molecule has 118 valence electrons. The summed E-state index contributed by atoms with van der Waals surface area (Å²) in [5.74, 6) is 0.231. The zero-order valence-electron chi connectivity index (χ0n) is 12.6. The summed E-state index contributed by atoms with van der Waals surface area (Å²) in [6.45, 7) is 3.62. The van der Waals surface area contributed by atoms with E-state index < -0.39 is 17.5 Å². The predicted octanol–water partition coefficient (Wildman–Crippen LogP) is 3.39. The van der Waals surface area contributed by atoms with Gasteiger partial charge in [0.2, 0.25) is 0 Å². The minimum Gasteiger partial charge on any atom is -0.496 e. The second kappa shape index (κ2) is 7.13. The number of halogens is 1. The van der Waals surface area contributed by atoms with Crippen LogP contribution in [0.3, 0.4) is 0 Å². The molecule has 1 aromatic carbocycles. The SMILES string of the molecule is COc1cc(C(O)CC(C)(C)CC(=O)O)c(OC)cc1Br. The highest BCUT2D eigenvalue weighted by Gasteiger charge is 2.28. The molecule has 6 heteroatoms. The van der Waals surface area contributed by atoms with Crippen molar-refractivity contribution in [1.29, 1.82) is 0 Å². The van der Waals surface area contributed by atoms with E-state index in [0.29, 0.717) is 23.5 Å². The maximum atomic E-state index is 10.9. The van der Waals surface area contributed by atoms with Crippen molar-refractivity contribution >= 4 is 21.9 Å². The van der Waals surface area contributed by atoms with E-state index in [1.54, 1.807) is 12.1 Å². The number of hydrogen-bond donors (Lipinski definition) is 2. The van der Waals surface area contributed by atoms with Gasteiger partial charge in [0.1, 0.15) is 11.5 Å². The lowest BCUT2D eigenvalue weighted by molar-refractivity contribution is -0.139. The molecule has 0 heterocycles. The van der Waals surface area contributed by atoms with Crippen LogP contribution in [0, 0.1) is 5.41 Å². The van der Waals surface area contributed by atoms with Gasteiger partial charge in [0.25, 0.3) is 0 Å². The molecular weight excluding hydrogens is 340 g/mol. The molecular formula is C15H21BrO5. The van der Waals surface area contributed by atoms with Crippen LogP contribution < -0.4 is 9.47 Å². The molecule has 1 atom stereocenters. The maximum absolute atomic E-state index is 10.9. The Balaban J connectivity index is 3.05. The van der Waals surface area contributed by atoms with Gasteiger partial charge in [-0.15, -0.1) is 0 Å². The number of hydrogen-bond acceptors (Lipinski definition) is 4. The van der Waals surface area contributed by atoms with Crippen molar-refractivity contribution in [3.05, 3.63) is 22.2 Å². The third kappa shape index (κ3) is 4.89. The van der Waals surface area contributed by atoms with E-state index in [0.717, 1.165) is 4.47 Å². The van der Waals surface area contributed by atoms with Crippen LogP contribution in [0.5, 0.6) is 11.5 Å². The first-order valence-electron chi connectivity index (χ1n) is 6.51. The zero-order valence-corrected chi connectivity index (χ0v) is 14.2. The van der Waals surface area contributed by atoms with Crippen LogP contribution in [0.1, 0.15) is 38.4 Å². The standard InChI is InChI=1S/C15H21BrO5/c1-15(2,8-14(18)19)7-11(17)9-5-13(21-4)10(16)6-12(9)20-3/h5-6,11,17H,7-8H2,1-4H3,(H,18,19). The molecule has 0 radical (unpaired) electrons. The summed E-state index contributed by atoms with van der Waals surface area (Å²) in [6.07, 6.45) is -0.545. The van der Waals surface area contributed by atoms with Gasteiger partial charge >= 0.3 is 5.97 Å². The van der Waals surface area contributed by atoms with Gasteiger partial charge in [0, 0.05) is 5.56 Å². The van der Waals surface area contributed by atoms with Crippen molar-refractivity contribution in [2.75, 3.05) is 14.2 Å². The topological polar surface area (TPSA) is 76.0 Å². The lowest BCUT2D eigenvalue weighted by Crippen LogP contribution is -2.20. The Morgan fingerprint density at radius 1 is 1.29 bits per heavy atom.